The molecule has 3 rings (SSSR count). The number of nitrogens with one attached hydrogen (secondary N) is 1. The maximum atomic E-state index is 12.3. The molecule has 0 fully saturated rings. The van der Waals surface area contributed by atoms with E-state index in [1.807, 2.05) is 18.2 Å². The van der Waals surface area contributed by atoms with E-state index in [0.29, 0.717) is 0 Å². The molecule has 0 aromatic heterocycles. The van der Waals surface area contributed by atoms with Gasteiger partial charge >= 0.3 is 0 Å². The molecule has 1 aliphatic carbocycles. The summed E-state index contributed by atoms with van der Waals surface area (Å²) < 4.78 is 0. The Morgan fingerprint density at radius 2 is 1.90 bits per heavy atom. The molecule has 4 nitrogen and oxygen atoms in total. The van der Waals surface area contributed by atoms with E-state index < -0.39 is 0 Å². The van der Waals surface area contributed by atoms with Crippen LogP contribution in [0.1, 0.15) is 40.4 Å². The molecule has 0 saturated heterocycles. The standard InChI is InChI=1S/C17H17NO3/c19-15-10-4-8-13(16(15)20)17(21)18-14-9-3-6-11-5-1-2-7-12(11)14/h1-2,4-5,7-8,10,14,19-20H,3,6,9H2,(H,18,21). The maximum Gasteiger partial charge on any atom is 0.255 e. The van der Waals surface area contributed by atoms with Gasteiger partial charge in [-0.2, -0.15) is 0 Å². The van der Waals surface area contributed by atoms with Crippen LogP contribution in [0.5, 0.6) is 11.5 Å². The molecule has 1 unspecified atom stereocenters. The van der Waals surface area contributed by atoms with Crippen LogP contribution < -0.4 is 5.32 Å². The van der Waals surface area contributed by atoms with E-state index in [9.17, 15) is 15.0 Å². The van der Waals surface area contributed by atoms with Crippen LogP contribution in [0.2, 0.25) is 0 Å². The number of phenols is 2. The summed E-state index contributed by atoms with van der Waals surface area (Å²) in [6.45, 7) is 0. The topological polar surface area (TPSA) is 69.6 Å². The zero-order valence-corrected chi connectivity index (χ0v) is 11.5. The van der Waals surface area contributed by atoms with Crippen molar-refractivity contribution in [2.24, 2.45) is 0 Å². The molecular formula is C17H17NO3. The van der Waals surface area contributed by atoms with E-state index in [0.717, 1.165) is 24.8 Å². The minimum Gasteiger partial charge on any atom is -0.504 e. The van der Waals surface area contributed by atoms with E-state index >= 15 is 0 Å². The van der Waals surface area contributed by atoms with Gasteiger partial charge in [-0.1, -0.05) is 30.3 Å². The third-order valence-corrected chi connectivity index (χ3v) is 3.93. The van der Waals surface area contributed by atoms with Crippen molar-refractivity contribution in [2.75, 3.05) is 0 Å². The van der Waals surface area contributed by atoms with Gasteiger partial charge in [0.2, 0.25) is 0 Å². The number of para-hydroxylation sites is 1. The first-order valence-electron chi connectivity index (χ1n) is 7.06. The van der Waals surface area contributed by atoms with Gasteiger partial charge in [-0.15, -0.1) is 0 Å². The first-order valence-corrected chi connectivity index (χ1v) is 7.06. The number of hydrogen-bond acceptors (Lipinski definition) is 3. The molecule has 1 amide bonds. The lowest BCUT2D eigenvalue weighted by Gasteiger charge is -2.26. The molecule has 3 N–H and O–H groups in total. The number of amides is 1. The third kappa shape index (κ3) is 2.57. The zero-order valence-electron chi connectivity index (χ0n) is 11.5. The average Bonchev–Trinajstić information content (AvgIpc) is 2.50. The summed E-state index contributed by atoms with van der Waals surface area (Å²) in [5.74, 6) is -1.03. The van der Waals surface area contributed by atoms with Crippen molar-refractivity contribution in [2.45, 2.75) is 25.3 Å². The largest absolute Gasteiger partial charge is 0.504 e. The highest BCUT2D eigenvalue weighted by molar-refractivity contribution is 5.97. The summed E-state index contributed by atoms with van der Waals surface area (Å²) in [5, 5.41) is 22.2. The fourth-order valence-electron chi connectivity index (χ4n) is 2.85. The van der Waals surface area contributed by atoms with Gasteiger partial charge in [0.15, 0.2) is 11.5 Å². The van der Waals surface area contributed by atoms with Crippen molar-refractivity contribution in [1.82, 2.24) is 5.32 Å². The second-order valence-electron chi connectivity index (χ2n) is 5.29. The lowest BCUT2D eigenvalue weighted by molar-refractivity contribution is 0.0929. The Balaban J connectivity index is 1.85. The van der Waals surface area contributed by atoms with E-state index in [2.05, 4.69) is 11.4 Å². The SMILES string of the molecule is O=C(NC1CCCc2ccccc21)c1cccc(O)c1O. The first-order chi connectivity index (χ1) is 10.2. The molecule has 0 spiro atoms. The quantitative estimate of drug-likeness (QED) is 0.742. The molecule has 2 aromatic rings. The summed E-state index contributed by atoms with van der Waals surface area (Å²) >= 11 is 0. The highest BCUT2D eigenvalue weighted by Crippen LogP contribution is 2.32. The average molecular weight is 283 g/mol. The highest BCUT2D eigenvalue weighted by Gasteiger charge is 2.23. The summed E-state index contributed by atoms with van der Waals surface area (Å²) in [7, 11) is 0. The van der Waals surface area contributed by atoms with E-state index in [1.54, 1.807) is 6.07 Å². The molecule has 0 saturated carbocycles. The van der Waals surface area contributed by atoms with E-state index in [1.165, 1.54) is 17.7 Å². The molecule has 4 heteroatoms. The minimum absolute atomic E-state index is 0.0517. The predicted molar refractivity (Wildman–Crippen MR) is 79.4 cm³/mol. The number of fused-ring (bicyclic) bond motifs is 1. The van der Waals surface area contributed by atoms with Gasteiger partial charge in [0.05, 0.1) is 11.6 Å². The number of aryl methyl sites for hydroxylation is 1. The second kappa shape index (κ2) is 5.48. The van der Waals surface area contributed by atoms with Crippen LogP contribution in [0.3, 0.4) is 0 Å². The molecule has 21 heavy (non-hydrogen) atoms. The number of carbonyl (C=O) groups excluding carboxylic acids is 1. The van der Waals surface area contributed by atoms with E-state index in [-0.39, 0.29) is 29.0 Å². The van der Waals surface area contributed by atoms with Crippen LogP contribution in [0.15, 0.2) is 42.5 Å². The smallest absolute Gasteiger partial charge is 0.255 e. The third-order valence-electron chi connectivity index (χ3n) is 3.93. The number of phenolic OH excluding ortho intramolecular Hbond substituents is 2. The second-order valence-corrected chi connectivity index (χ2v) is 5.29. The number of rotatable bonds is 2. The summed E-state index contributed by atoms with van der Waals surface area (Å²) in [6, 6.07) is 12.4. The van der Waals surface area contributed by atoms with Crippen LogP contribution in [-0.2, 0) is 6.42 Å². The van der Waals surface area contributed by atoms with Crippen LogP contribution in [-0.4, -0.2) is 16.1 Å². The van der Waals surface area contributed by atoms with Crippen molar-refractivity contribution >= 4 is 5.91 Å². The van der Waals surface area contributed by atoms with Crippen molar-refractivity contribution < 1.29 is 15.0 Å². The normalized spacial score (nSPS) is 17.0. The Kier molecular flexibility index (Phi) is 3.52. The van der Waals surface area contributed by atoms with Crippen molar-refractivity contribution in [3.8, 4) is 11.5 Å². The monoisotopic (exact) mass is 283 g/mol. The van der Waals surface area contributed by atoms with Crippen LogP contribution in [0.4, 0.5) is 0 Å². The van der Waals surface area contributed by atoms with Gasteiger partial charge in [-0.05, 0) is 42.5 Å². The molecule has 0 aliphatic heterocycles. The molecule has 1 aliphatic rings. The van der Waals surface area contributed by atoms with Crippen LogP contribution in [0.25, 0.3) is 0 Å². The minimum atomic E-state index is -0.376. The molecule has 0 radical (unpaired) electrons. The maximum absolute atomic E-state index is 12.3. The van der Waals surface area contributed by atoms with E-state index in [4.69, 9.17) is 0 Å². The Hall–Kier alpha value is -2.49. The molecule has 0 heterocycles. The molecule has 2 aromatic carbocycles. The highest BCUT2D eigenvalue weighted by atomic mass is 16.3. The summed E-state index contributed by atoms with van der Waals surface area (Å²) in [4.78, 5) is 12.3. The molecule has 1 atom stereocenters. The Bertz CT molecular complexity index is 681. The van der Waals surface area contributed by atoms with Crippen LogP contribution >= 0.6 is 0 Å². The predicted octanol–water partition coefficient (Wildman–Crippen LogP) is 2.91. The van der Waals surface area contributed by atoms with Gasteiger partial charge in [-0.25, -0.2) is 0 Å². The van der Waals surface area contributed by atoms with Gasteiger partial charge in [0, 0.05) is 0 Å². The van der Waals surface area contributed by atoms with Gasteiger partial charge in [0.25, 0.3) is 5.91 Å². The van der Waals surface area contributed by atoms with Gasteiger partial charge < -0.3 is 15.5 Å². The number of aromatic hydroxyl groups is 2. The lowest BCUT2D eigenvalue weighted by atomic mass is 9.87. The summed E-state index contributed by atoms with van der Waals surface area (Å²) in [6.07, 6.45) is 2.93. The molecule has 108 valence electrons. The lowest BCUT2D eigenvalue weighted by Crippen LogP contribution is -2.31. The van der Waals surface area contributed by atoms with Crippen molar-refractivity contribution in [3.05, 3.63) is 59.2 Å². The zero-order chi connectivity index (χ0) is 14.8. The number of carbonyl (C=O) groups is 1. The molecule has 0 bridgehead atoms. The fourth-order valence-corrected chi connectivity index (χ4v) is 2.85. The Morgan fingerprint density at radius 1 is 1.10 bits per heavy atom. The number of benzene rings is 2. The van der Waals surface area contributed by atoms with Crippen molar-refractivity contribution in [3.63, 3.8) is 0 Å². The van der Waals surface area contributed by atoms with Gasteiger partial charge in [-0.3, -0.25) is 4.79 Å². The Morgan fingerprint density at radius 3 is 2.76 bits per heavy atom. The van der Waals surface area contributed by atoms with Gasteiger partial charge in [0.1, 0.15) is 0 Å². The fraction of sp³-hybridized carbons (Fsp3) is 0.235. The Labute approximate surface area is 123 Å². The number of hydrogen-bond donors (Lipinski definition) is 3. The molecular weight excluding hydrogens is 266 g/mol. The first kappa shape index (κ1) is 13.5. The van der Waals surface area contributed by atoms with Crippen LogP contribution in [0, 0.1) is 0 Å². The summed E-state index contributed by atoms with van der Waals surface area (Å²) in [5.41, 5.74) is 2.49. The van der Waals surface area contributed by atoms with Crippen molar-refractivity contribution in [1.29, 1.82) is 0 Å².